The zero-order chi connectivity index (χ0) is 22.6. The molecule has 1 amide bonds. The molecule has 1 aliphatic heterocycles. The molecule has 0 saturated heterocycles. The normalized spacial score (nSPS) is 13.4. The number of oxime groups is 1. The van der Waals surface area contributed by atoms with E-state index >= 15 is 0 Å². The number of carbonyl (C=O) groups excluding carboxylic acids is 1. The van der Waals surface area contributed by atoms with Gasteiger partial charge >= 0.3 is 0 Å². The van der Waals surface area contributed by atoms with Gasteiger partial charge in [0.25, 0.3) is 5.91 Å². The van der Waals surface area contributed by atoms with Gasteiger partial charge < -0.3 is 15.1 Å². The summed E-state index contributed by atoms with van der Waals surface area (Å²) in [6.45, 7) is 3.03. The van der Waals surface area contributed by atoms with Gasteiger partial charge in [-0.15, -0.1) is 0 Å². The first-order valence-electron chi connectivity index (χ1n) is 11.0. The van der Waals surface area contributed by atoms with Crippen molar-refractivity contribution in [2.24, 2.45) is 5.16 Å². The number of benzene rings is 2. The van der Waals surface area contributed by atoms with Gasteiger partial charge in [0.2, 0.25) is 0 Å². The lowest BCUT2D eigenvalue weighted by Gasteiger charge is -2.11. The Hall–Kier alpha value is -4.19. The molecule has 2 N–H and O–H groups in total. The van der Waals surface area contributed by atoms with Crippen LogP contribution in [0.25, 0.3) is 22.5 Å². The van der Waals surface area contributed by atoms with Crippen molar-refractivity contribution < 1.29 is 9.63 Å². The monoisotopic (exact) mass is 436 g/mol. The lowest BCUT2D eigenvalue weighted by molar-refractivity contribution is 0.0946. The summed E-state index contributed by atoms with van der Waals surface area (Å²) in [5.74, 6) is -0.0232. The average molecular weight is 437 g/mol. The number of hydrogen-bond acceptors (Lipinski definition) is 4. The predicted molar refractivity (Wildman–Crippen MR) is 129 cm³/mol. The predicted octanol–water partition coefficient (Wildman–Crippen LogP) is 4.97. The molecule has 0 fully saturated rings. The van der Waals surface area contributed by atoms with Crippen molar-refractivity contribution in [2.75, 3.05) is 6.54 Å². The number of amides is 1. The fourth-order valence-corrected chi connectivity index (χ4v) is 3.94. The summed E-state index contributed by atoms with van der Waals surface area (Å²) in [6, 6.07) is 24.0. The molecule has 6 heteroatoms. The molecular formula is C27H24N4O2. The number of nitrogens with one attached hydrogen (secondary N) is 2. The number of nitrogens with zero attached hydrogens (tertiary/aromatic N) is 2. The van der Waals surface area contributed by atoms with E-state index in [1.807, 2.05) is 73.7 Å². The molecule has 33 heavy (non-hydrogen) atoms. The van der Waals surface area contributed by atoms with E-state index in [0.29, 0.717) is 13.2 Å². The Bertz CT molecular complexity index is 1320. The van der Waals surface area contributed by atoms with Crippen molar-refractivity contribution in [2.45, 2.75) is 20.0 Å². The molecule has 4 aromatic rings. The van der Waals surface area contributed by atoms with Crippen LogP contribution in [-0.4, -0.2) is 28.1 Å². The highest BCUT2D eigenvalue weighted by Gasteiger charge is 2.20. The minimum atomic E-state index is -0.0232. The largest absolute Gasteiger partial charge is 0.391 e. The summed E-state index contributed by atoms with van der Waals surface area (Å²) in [5.41, 5.74) is 8.30. The van der Waals surface area contributed by atoms with E-state index in [1.54, 1.807) is 6.20 Å². The van der Waals surface area contributed by atoms with Crippen LogP contribution in [-0.2, 0) is 17.9 Å². The summed E-state index contributed by atoms with van der Waals surface area (Å²) in [7, 11) is 0. The molecule has 0 bridgehead atoms. The van der Waals surface area contributed by atoms with E-state index in [9.17, 15) is 4.79 Å². The van der Waals surface area contributed by atoms with Crippen molar-refractivity contribution in [3.05, 3.63) is 101 Å². The second kappa shape index (κ2) is 9.12. The van der Waals surface area contributed by atoms with Gasteiger partial charge in [0.15, 0.2) is 0 Å². The van der Waals surface area contributed by atoms with Crippen LogP contribution in [0, 0.1) is 0 Å². The molecule has 0 aliphatic carbocycles. The number of fused-ring (bicyclic) bond motifs is 1. The number of carbonyl (C=O) groups is 1. The Morgan fingerprint density at radius 2 is 1.91 bits per heavy atom. The summed E-state index contributed by atoms with van der Waals surface area (Å²) >= 11 is 0. The third-order valence-corrected chi connectivity index (χ3v) is 5.73. The van der Waals surface area contributed by atoms with E-state index in [0.717, 1.165) is 57.0 Å². The van der Waals surface area contributed by atoms with Crippen LogP contribution in [0.15, 0.2) is 84.1 Å². The standard InChI is InChI=1S/C27H24N4O2/c1-18(31-33-17-19-6-3-2-4-7-19)20-8-5-9-21(14-20)25-15-22(10-12-28-25)26-16-23-24(30-26)11-13-29-27(23)32/h2-10,12,14-16,30H,11,13,17H2,1H3,(H,29,32). The minimum Gasteiger partial charge on any atom is -0.391 e. The van der Waals surface area contributed by atoms with Crippen LogP contribution >= 0.6 is 0 Å². The van der Waals surface area contributed by atoms with Gasteiger partial charge in [0.05, 0.1) is 17.0 Å². The maximum absolute atomic E-state index is 12.1. The number of aromatic nitrogens is 2. The summed E-state index contributed by atoms with van der Waals surface area (Å²) in [5, 5.41) is 7.18. The topological polar surface area (TPSA) is 79.4 Å². The number of aromatic amines is 1. The molecule has 2 aromatic carbocycles. The van der Waals surface area contributed by atoms with Crippen molar-refractivity contribution in [1.82, 2.24) is 15.3 Å². The van der Waals surface area contributed by atoms with Crippen LogP contribution in [0.2, 0.25) is 0 Å². The first kappa shape index (κ1) is 20.7. The number of rotatable bonds is 6. The Morgan fingerprint density at radius 1 is 1.03 bits per heavy atom. The van der Waals surface area contributed by atoms with Crippen LogP contribution in [0.4, 0.5) is 0 Å². The van der Waals surface area contributed by atoms with Gasteiger partial charge in [0, 0.05) is 41.7 Å². The van der Waals surface area contributed by atoms with Gasteiger partial charge in [-0.2, -0.15) is 0 Å². The zero-order valence-corrected chi connectivity index (χ0v) is 18.3. The molecule has 5 rings (SSSR count). The van der Waals surface area contributed by atoms with E-state index in [4.69, 9.17) is 4.84 Å². The van der Waals surface area contributed by atoms with Crippen molar-refractivity contribution >= 4 is 11.6 Å². The maximum Gasteiger partial charge on any atom is 0.253 e. The summed E-state index contributed by atoms with van der Waals surface area (Å²) in [4.78, 5) is 25.6. The fraction of sp³-hybridized carbons (Fsp3) is 0.148. The maximum atomic E-state index is 12.1. The van der Waals surface area contributed by atoms with Gasteiger partial charge in [-0.3, -0.25) is 9.78 Å². The molecule has 1 aliphatic rings. The zero-order valence-electron chi connectivity index (χ0n) is 18.3. The molecule has 0 unspecified atom stereocenters. The Labute approximate surface area is 192 Å². The van der Waals surface area contributed by atoms with Gasteiger partial charge in [0.1, 0.15) is 6.61 Å². The summed E-state index contributed by atoms with van der Waals surface area (Å²) < 4.78 is 0. The Kier molecular flexibility index (Phi) is 5.72. The van der Waals surface area contributed by atoms with Crippen LogP contribution in [0.5, 0.6) is 0 Å². The van der Waals surface area contributed by atoms with Gasteiger partial charge in [-0.25, -0.2) is 0 Å². The molecule has 6 nitrogen and oxygen atoms in total. The quantitative estimate of drug-likeness (QED) is 0.331. The van der Waals surface area contributed by atoms with Gasteiger partial charge in [-0.1, -0.05) is 53.7 Å². The third-order valence-electron chi connectivity index (χ3n) is 5.73. The highest BCUT2D eigenvalue weighted by atomic mass is 16.6. The molecule has 3 heterocycles. The van der Waals surface area contributed by atoms with E-state index < -0.39 is 0 Å². The molecule has 0 radical (unpaired) electrons. The first-order chi connectivity index (χ1) is 16.2. The highest BCUT2D eigenvalue weighted by molar-refractivity contribution is 5.99. The molecule has 0 atom stereocenters. The second-order valence-electron chi connectivity index (χ2n) is 8.03. The van der Waals surface area contributed by atoms with E-state index in [1.165, 1.54) is 0 Å². The van der Waals surface area contributed by atoms with Gasteiger partial charge in [-0.05, 0) is 42.3 Å². The Morgan fingerprint density at radius 3 is 2.76 bits per heavy atom. The summed E-state index contributed by atoms with van der Waals surface area (Å²) in [6.07, 6.45) is 2.60. The van der Waals surface area contributed by atoms with Crippen LogP contribution in [0.3, 0.4) is 0 Å². The van der Waals surface area contributed by atoms with Crippen LogP contribution < -0.4 is 5.32 Å². The highest BCUT2D eigenvalue weighted by Crippen LogP contribution is 2.27. The lowest BCUT2D eigenvalue weighted by atomic mass is 10.0. The number of hydrogen-bond donors (Lipinski definition) is 2. The Balaban J connectivity index is 1.37. The first-order valence-corrected chi connectivity index (χ1v) is 11.0. The molecular weight excluding hydrogens is 412 g/mol. The van der Waals surface area contributed by atoms with Crippen LogP contribution in [0.1, 0.15) is 34.1 Å². The molecule has 164 valence electrons. The third kappa shape index (κ3) is 4.55. The lowest BCUT2D eigenvalue weighted by Crippen LogP contribution is -2.31. The van der Waals surface area contributed by atoms with Crippen molar-refractivity contribution in [1.29, 1.82) is 0 Å². The number of H-pyrrole nitrogens is 1. The smallest absolute Gasteiger partial charge is 0.253 e. The molecule has 2 aromatic heterocycles. The molecule has 0 saturated carbocycles. The SMILES string of the molecule is CC(=NOCc1ccccc1)c1cccc(-c2cc(-c3cc4c([nH]3)CCNC4=O)ccn2)c1. The van der Waals surface area contributed by atoms with E-state index in [-0.39, 0.29) is 5.91 Å². The van der Waals surface area contributed by atoms with Crippen molar-refractivity contribution in [3.63, 3.8) is 0 Å². The number of pyridine rings is 1. The van der Waals surface area contributed by atoms with Crippen molar-refractivity contribution in [3.8, 4) is 22.5 Å². The minimum absolute atomic E-state index is 0.0232. The fourth-order valence-electron chi connectivity index (χ4n) is 3.94. The molecule has 0 spiro atoms. The average Bonchev–Trinajstić information content (AvgIpc) is 3.31. The van der Waals surface area contributed by atoms with E-state index in [2.05, 4.69) is 26.5 Å². The second-order valence-corrected chi connectivity index (χ2v) is 8.03.